The van der Waals surface area contributed by atoms with Gasteiger partial charge in [0, 0.05) is 17.1 Å². The van der Waals surface area contributed by atoms with Crippen molar-refractivity contribution in [2.45, 2.75) is 27.7 Å². The van der Waals surface area contributed by atoms with Crippen LogP contribution in [-0.2, 0) is 0 Å². The van der Waals surface area contributed by atoms with Gasteiger partial charge in [0.2, 0.25) is 0 Å². The summed E-state index contributed by atoms with van der Waals surface area (Å²) in [6.45, 7) is 8.66. The van der Waals surface area contributed by atoms with E-state index in [0.717, 1.165) is 21.4 Å². The molecule has 0 aliphatic carbocycles. The smallest absolute Gasteiger partial charge is 0.126 e. The second-order valence-electron chi connectivity index (χ2n) is 9.48. The van der Waals surface area contributed by atoms with Crippen LogP contribution in [0.5, 0.6) is 0 Å². The second kappa shape index (κ2) is 8.44. The van der Waals surface area contributed by atoms with Crippen LogP contribution >= 0.6 is 11.3 Å². The molecule has 0 N–H and O–H groups in total. The maximum atomic E-state index is 5.22. The Morgan fingerprint density at radius 3 is 1.83 bits per heavy atom. The standard InChI is InChI=1S/C32H26N2S/c1-19-13-20(2)16-23(15-19)25-7-5-8-26(24-17-21(3)14-22(4)18-24)30(25)28-11-10-27-31-29(9-6-12-33-31)35-32(27)34-28/h5-18H,1-4H3. The zero-order chi connectivity index (χ0) is 24.1. The summed E-state index contributed by atoms with van der Waals surface area (Å²) in [4.78, 5) is 10.9. The zero-order valence-corrected chi connectivity index (χ0v) is 21.2. The van der Waals surface area contributed by atoms with Gasteiger partial charge in [-0.25, -0.2) is 4.98 Å². The van der Waals surface area contributed by atoms with Crippen molar-refractivity contribution in [1.29, 1.82) is 0 Å². The average Bonchev–Trinajstić information content (AvgIpc) is 3.20. The van der Waals surface area contributed by atoms with Gasteiger partial charge in [-0.3, -0.25) is 4.98 Å². The highest BCUT2D eigenvalue weighted by Gasteiger charge is 2.18. The van der Waals surface area contributed by atoms with Crippen LogP contribution in [0, 0.1) is 27.7 Å². The molecule has 0 saturated heterocycles. The van der Waals surface area contributed by atoms with E-state index < -0.39 is 0 Å². The van der Waals surface area contributed by atoms with Gasteiger partial charge in [0.15, 0.2) is 0 Å². The van der Waals surface area contributed by atoms with Crippen molar-refractivity contribution in [3.63, 3.8) is 0 Å². The molecular formula is C32H26N2S. The van der Waals surface area contributed by atoms with Gasteiger partial charge in [-0.1, -0.05) is 76.9 Å². The molecule has 0 unspecified atom stereocenters. The molecule has 3 aromatic carbocycles. The average molecular weight is 471 g/mol. The first kappa shape index (κ1) is 21.7. The number of aromatic nitrogens is 2. The Morgan fingerprint density at radius 2 is 1.23 bits per heavy atom. The first-order valence-electron chi connectivity index (χ1n) is 11.9. The van der Waals surface area contributed by atoms with Crippen molar-refractivity contribution in [3.8, 4) is 33.5 Å². The summed E-state index contributed by atoms with van der Waals surface area (Å²) in [5.74, 6) is 0. The highest BCUT2D eigenvalue weighted by Crippen LogP contribution is 2.42. The van der Waals surface area contributed by atoms with E-state index in [1.54, 1.807) is 11.3 Å². The third kappa shape index (κ3) is 3.92. The summed E-state index contributed by atoms with van der Waals surface area (Å²) in [6.07, 6.45) is 1.86. The highest BCUT2D eigenvalue weighted by atomic mass is 32.1. The van der Waals surface area contributed by atoms with E-state index in [-0.39, 0.29) is 0 Å². The Kier molecular flexibility index (Phi) is 5.23. The minimum absolute atomic E-state index is 0.993. The normalized spacial score (nSPS) is 11.4. The third-order valence-corrected chi connectivity index (χ3v) is 7.53. The topological polar surface area (TPSA) is 25.8 Å². The molecule has 0 atom stereocenters. The van der Waals surface area contributed by atoms with Crippen molar-refractivity contribution in [1.82, 2.24) is 9.97 Å². The number of hydrogen-bond acceptors (Lipinski definition) is 3. The Hall–Kier alpha value is -3.82. The molecule has 3 aromatic heterocycles. The van der Waals surface area contributed by atoms with Crippen molar-refractivity contribution in [3.05, 3.63) is 107 Å². The fourth-order valence-corrected chi connectivity index (χ4v) is 6.22. The van der Waals surface area contributed by atoms with Crippen LogP contribution in [0.1, 0.15) is 22.3 Å². The molecule has 6 aromatic rings. The molecule has 2 nitrogen and oxygen atoms in total. The molecule has 0 amide bonds. The van der Waals surface area contributed by atoms with Crippen molar-refractivity contribution >= 4 is 31.8 Å². The van der Waals surface area contributed by atoms with E-state index in [1.807, 2.05) is 12.3 Å². The Balaban J connectivity index is 1.67. The molecule has 35 heavy (non-hydrogen) atoms. The molecule has 3 heterocycles. The van der Waals surface area contributed by atoms with E-state index in [0.29, 0.717) is 0 Å². The fourth-order valence-electron chi connectivity index (χ4n) is 5.19. The molecule has 0 bridgehead atoms. The Labute approximate surface area is 210 Å². The quantitative estimate of drug-likeness (QED) is 0.258. The Bertz CT molecular complexity index is 1630. The SMILES string of the molecule is Cc1cc(C)cc(-c2cccc(-c3cc(C)cc(C)c3)c2-c2ccc3c(n2)sc2cccnc23)c1. The van der Waals surface area contributed by atoms with Crippen LogP contribution in [0.3, 0.4) is 0 Å². The van der Waals surface area contributed by atoms with Gasteiger partial charge >= 0.3 is 0 Å². The summed E-state index contributed by atoms with van der Waals surface area (Å²) in [5.41, 5.74) is 13.1. The molecule has 0 fully saturated rings. The summed E-state index contributed by atoms with van der Waals surface area (Å²) in [7, 11) is 0. The van der Waals surface area contributed by atoms with Crippen molar-refractivity contribution < 1.29 is 0 Å². The summed E-state index contributed by atoms with van der Waals surface area (Å²) in [5, 5.41) is 1.12. The van der Waals surface area contributed by atoms with Gasteiger partial charge in [0.25, 0.3) is 0 Å². The maximum absolute atomic E-state index is 5.22. The number of nitrogens with zero attached hydrogens (tertiary/aromatic N) is 2. The largest absolute Gasteiger partial charge is 0.255 e. The minimum atomic E-state index is 0.993. The lowest BCUT2D eigenvalue weighted by Gasteiger charge is -2.17. The molecule has 3 heteroatoms. The van der Waals surface area contributed by atoms with E-state index in [2.05, 4.69) is 105 Å². The maximum Gasteiger partial charge on any atom is 0.126 e. The monoisotopic (exact) mass is 470 g/mol. The predicted octanol–water partition coefficient (Wildman–Crippen LogP) is 9.08. The molecule has 170 valence electrons. The molecule has 0 saturated carbocycles. The molecule has 0 radical (unpaired) electrons. The van der Waals surface area contributed by atoms with E-state index in [1.165, 1.54) is 54.8 Å². The Morgan fingerprint density at radius 1 is 0.629 bits per heavy atom. The van der Waals surface area contributed by atoms with Crippen LogP contribution in [0.25, 0.3) is 53.9 Å². The van der Waals surface area contributed by atoms with E-state index >= 15 is 0 Å². The molecule has 0 spiro atoms. The van der Waals surface area contributed by atoms with Crippen LogP contribution in [-0.4, -0.2) is 9.97 Å². The summed E-state index contributed by atoms with van der Waals surface area (Å²) < 4.78 is 1.17. The number of aryl methyl sites for hydroxylation is 4. The second-order valence-corrected chi connectivity index (χ2v) is 10.5. The van der Waals surface area contributed by atoms with Gasteiger partial charge in [-0.15, -0.1) is 11.3 Å². The lowest BCUT2D eigenvalue weighted by molar-refractivity contribution is 1.36. The van der Waals surface area contributed by atoms with Crippen molar-refractivity contribution in [2.75, 3.05) is 0 Å². The molecule has 0 aliphatic heterocycles. The summed E-state index contributed by atoms with van der Waals surface area (Å²) in [6, 6.07) is 28.7. The van der Waals surface area contributed by atoms with Gasteiger partial charge < -0.3 is 0 Å². The number of thiophene rings is 1. The van der Waals surface area contributed by atoms with Crippen LogP contribution in [0.2, 0.25) is 0 Å². The fraction of sp³-hybridized carbons (Fsp3) is 0.125. The molecular weight excluding hydrogens is 444 g/mol. The van der Waals surface area contributed by atoms with Gasteiger partial charge in [-0.2, -0.15) is 0 Å². The molecule has 6 rings (SSSR count). The first-order valence-corrected chi connectivity index (χ1v) is 12.7. The van der Waals surface area contributed by atoms with E-state index in [4.69, 9.17) is 4.98 Å². The minimum Gasteiger partial charge on any atom is -0.255 e. The number of hydrogen-bond donors (Lipinski definition) is 0. The third-order valence-electron chi connectivity index (χ3n) is 6.48. The van der Waals surface area contributed by atoms with Crippen LogP contribution < -0.4 is 0 Å². The van der Waals surface area contributed by atoms with Crippen LogP contribution in [0.4, 0.5) is 0 Å². The number of fused-ring (bicyclic) bond motifs is 3. The molecule has 0 aliphatic rings. The number of rotatable bonds is 3. The van der Waals surface area contributed by atoms with E-state index in [9.17, 15) is 0 Å². The zero-order valence-electron chi connectivity index (χ0n) is 20.4. The lowest BCUT2D eigenvalue weighted by atomic mass is 9.88. The summed E-state index contributed by atoms with van der Waals surface area (Å²) >= 11 is 1.71. The highest BCUT2D eigenvalue weighted by molar-refractivity contribution is 7.25. The lowest BCUT2D eigenvalue weighted by Crippen LogP contribution is -1.94. The first-order chi connectivity index (χ1) is 17.0. The van der Waals surface area contributed by atoms with Gasteiger partial charge in [0.1, 0.15) is 4.83 Å². The predicted molar refractivity (Wildman–Crippen MR) is 150 cm³/mol. The van der Waals surface area contributed by atoms with Crippen molar-refractivity contribution in [2.24, 2.45) is 0 Å². The van der Waals surface area contributed by atoms with Gasteiger partial charge in [0.05, 0.1) is 15.9 Å². The van der Waals surface area contributed by atoms with Crippen LogP contribution in [0.15, 0.2) is 85.1 Å². The number of pyridine rings is 2. The number of benzene rings is 3. The van der Waals surface area contributed by atoms with Gasteiger partial charge in [-0.05, 0) is 74.2 Å².